The Kier molecular flexibility index (Phi) is 5.94. The first-order valence-electron chi connectivity index (χ1n) is 9.95. The molecule has 0 spiro atoms. The molecule has 32 heavy (non-hydrogen) atoms. The average Bonchev–Trinajstić information content (AvgIpc) is 2.83. The predicted molar refractivity (Wildman–Crippen MR) is 127 cm³/mol. The van der Waals surface area contributed by atoms with E-state index in [1.54, 1.807) is 49.6 Å². The third kappa shape index (κ3) is 4.49. The standard InChI is InChI=1S/C26H20N2O4/c1-32-22-15-11-20(12-16-22)27-26(29)25(17-18-9-13-21(14-10-18)28(30)31)24-8-4-6-19-5-2-3-7-23(19)24/h2-17H,1H3,(H,27,29)/b25-17+. The maximum atomic E-state index is 13.4. The maximum absolute atomic E-state index is 13.4. The Morgan fingerprint density at radius 3 is 2.28 bits per heavy atom. The monoisotopic (exact) mass is 424 g/mol. The molecule has 0 heterocycles. The van der Waals surface area contributed by atoms with Gasteiger partial charge in [-0.25, -0.2) is 0 Å². The topological polar surface area (TPSA) is 81.5 Å². The SMILES string of the molecule is COc1ccc(NC(=O)/C(=C/c2ccc([N+](=O)[O-])cc2)c2cccc3ccccc23)cc1. The third-order valence-electron chi connectivity index (χ3n) is 5.09. The van der Waals surface area contributed by atoms with Crippen LogP contribution in [0.3, 0.4) is 0 Å². The number of hydrogen-bond donors (Lipinski definition) is 1. The number of methoxy groups -OCH3 is 1. The highest BCUT2D eigenvalue weighted by molar-refractivity contribution is 6.31. The molecular formula is C26H20N2O4. The molecule has 6 nitrogen and oxygen atoms in total. The predicted octanol–water partition coefficient (Wildman–Crippen LogP) is 5.94. The molecule has 6 heteroatoms. The van der Waals surface area contributed by atoms with E-state index in [0.717, 1.165) is 16.3 Å². The Balaban J connectivity index is 1.78. The van der Waals surface area contributed by atoms with Crippen LogP contribution in [-0.2, 0) is 4.79 Å². The summed E-state index contributed by atoms with van der Waals surface area (Å²) in [5.41, 5.74) is 2.53. The van der Waals surface area contributed by atoms with Gasteiger partial charge >= 0.3 is 0 Å². The number of benzene rings is 4. The first kappa shape index (κ1) is 20.8. The number of nitrogens with one attached hydrogen (secondary N) is 1. The molecule has 1 amide bonds. The highest BCUT2D eigenvalue weighted by Gasteiger charge is 2.16. The zero-order chi connectivity index (χ0) is 22.5. The second-order valence-electron chi connectivity index (χ2n) is 7.12. The van der Waals surface area contributed by atoms with Crippen molar-refractivity contribution in [2.24, 2.45) is 0 Å². The Morgan fingerprint density at radius 2 is 1.59 bits per heavy atom. The van der Waals surface area contributed by atoms with Gasteiger partial charge in [-0.15, -0.1) is 0 Å². The lowest BCUT2D eigenvalue weighted by Gasteiger charge is -2.13. The fraction of sp³-hybridized carbons (Fsp3) is 0.0385. The molecule has 0 aliphatic carbocycles. The van der Waals surface area contributed by atoms with Gasteiger partial charge in [-0.1, -0.05) is 42.5 Å². The number of amides is 1. The molecule has 0 saturated heterocycles. The minimum Gasteiger partial charge on any atom is -0.497 e. The summed E-state index contributed by atoms with van der Waals surface area (Å²) in [5, 5.41) is 15.9. The number of nitro benzene ring substituents is 1. The highest BCUT2D eigenvalue weighted by atomic mass is 16.6. The van der Waals surface area contributed by atoms with E-state index >= 15 is 0 Å². The number of nitrogens with zero attached hydrogens (tertiary/aromatic N) is 1. The number of hydrogen-bond acceptors (Lipinski definition) is 4. The van der Waals surface area contributed by atoms with Crippen LogP contribution >= 0.6 is 0 Å². The van der Waals surface area contributed by atoms with Crippen molar-refractivity contribution < 1.29 is 14.5 Å². The molecule has 0 bridgehead atoms. The smallest absolute Gasteiger partial charge is 0.269 e. The fourth-order valence-corrected chi connectivity index (χ4v) is 3.46. The Bertz CT molecular complexity index is 1300. The first-order chi connectivity index (χ1) is 15.5. The molecule has 4 rings (SSSR count). The van der Waals surface area contributed by atoms with E-state index in [0.29, 0.717) is 22.6 Å². The number of fused-ring (bicyclic) bond motifs is 1. The van der Waals surface area contributed by atoms with Crippen molar-refractivity contribution in [1.29, 1.82) is 0 Å². The van der Waals surface area contributed by atoms with Crippen molar-refractivity contribution >= 4 is 39.7 Å². The lowest BCUT2D eigenvalue weighted by atomic mass is 9.96. The largest absolute Gasteiger partial charge is 0.497 e. The number of anilines is 1. The molecule has 0 saturated carbocycles. The van der Waals surface area contributed by atoms with Crippen LogP contribution in [0.4, 0.5) is 11.4 Å². The average molecular weight is 424 g/mol. The van der Waals surface area contributed by atoms with E-state index in [9.17, 15) is 14.9 Å². The van der Waals surface area contributed by atoms with Gasteiger partial charge in [0.2, 0.25) is 0 Å². The van der Waals surface area contributed by atoms with Gasteiger partial charge in [0.25, 0.3) is 11.6 Å². The molecule has 0 fully saturated rings. The van der Waals surface area contributed by atoms with Crippen molar-refractivity contribution in [3.8, 4) is 5.75 Å². The number of carbonyl (C=O) groups excluding carboxylic acids is 1. The summed E-state index contributed by atoms with van der Waals surface area (Å²) in [6.07, 6.45) is 1.74. The van der Waals surface area contributed by atoms with Crippen LogP contribution in [0, 0.1) is 10.1 Å². The van der Waals surface area contributed by atoms with Gasteiger partial charge in [0.15, 0.2) is 0 Å². The molecule has 0 aliphatic heterocycles. The molecule has 0 radical (unpaired) electrons. The summed E-state index contributed by atoms with van der Waals surface area (Å²) < 4.78 is 5.17. The van der Waals surface area contributed by atoms with E-state index in [4.69, 9.17) is 4.74 Å². The number of non-ortho nitro benzene ring substituents is 1. The van der Waals surface area contributed by atoms with Crippen molar-refractivity contribution in [1.82, 2.24) is 0 Å². The van der Waals surface area contributed by atoms with Crippen LogP contribution in [0.1, 0.15) is 11.1 Å². The minimum absolute atomic E-state index is 0.00320. The second-order valence-corrected chi connectivity index (χ2v) is 7.12. The molecule has 0 atom stereocenters. The van der Waals surface area contributed by atoms with Crippen LogP contribution in [0.2, 0.25) is 0 Å². The van der Waals surface area contributed by atoms with Crippen molar-refractivity contribution in [2.75, 3.05) is 12.4 Å². The minimum atomic E-state index is -0.449. The van der Waals surface area contributed by atoms with Gasteiger partial charge in [0.05, 0.1) is 12.0 Å². The van der Waals surface area contributed by atoms with E-state index in [2.05, 4.69) is 5.32 Å². The molecule has 0 unspecified atom stereocenters. The van der Waals surface area contributed by atoms with Crippen LogP contribution in [0.25, 0.3) is 22.4 Å². The van der Waals surface area contributed by atoms with Gasteiger partial charge in [0.1, 0.15) is 5.75 Å². The Labute approximate surface area is 184 Å². The molecule has 0 aromatic heterocycles. The molecule has 158 valence electrons. The fourth-order valence-electron chi connectivity index (χ4n) is 3.46. The first-order valence-corrected chi connectivity index (χ1v) is 9.95. The van der Waals surface area contributed by atoms with Gasteiger partial charge in [-0.05, 0) is 64.4 Å². The maximum Gasteiger partial charge on any atom is 0.269 e. The van der Waals surface area contributed by atoms with Crippen molar-refractivity contribution in [3.63, 3.8) is 0 Å². The Morgan fingerprint density at radius 1 is 0.906 bits per heavy atom. The molecule has 4 aromatic rings. The molecule has 0 aliphatic rings. The van der Waals surface area contributed by atoms with Gasteiger partial charge in [0, 0.05) is 23.4 Å². The van der Waals surface area contributed by atoms with E-state index in [-0.39, 0.29) is 11.6 Å². The third-order valence-corrected chi connectivity index (χ3v) is 5.09. The number of carbonyl (C=O) groups is 1. The van der Waals surface area contributed by atoms with Gasteiger partial charge in [-0.2, -0.15) is 0 Å². The quantitative estimate of drug-likeness (QED) is 0.180. The van der Waals surface area contributed by atoms with E-state index < -0.39 is 4.92 Å². The zero-order valence-electron chi connectivity index (χ0n) is 17.3. The lowest BCUT2D eigenvalue weighted by molar-refractivity contribution is -0.384. The van der Waals surface area contributed by atoms with E-state index in [1.165, 1.54) is 12.1 Å². The number of ether oxygens (including phenoxy) is 1. The molecule has 1 N–H and O–H groups in total. The number of nitro groups is 1. The van der Waals surface area contributed by atoms with Crippen molar-refractivity contribution in [2.45, 2.75) is 0 Å². The van der Waals surface area contributed by atoms with Crippen molar-refractivity contribution in [3.05, 3.63) is 112 Å². The van der Waals surface area contributed by atoms with Crippen LogP contribution in [-0.4, -0.2) is 17.9 Å². The normalized spacial score (nSPS) is 11.2. The Hall–Kier alpha value is -4.45. The summed E-state index contributed by atoms with van der Waals surface area (Å²) >= 11 is 0. The van der Waals surface area contributed by atoms with Crippen LogP contribution in [0.15, 0.2) is 91.0 Å². The zero-order valence-corrected chi connectivity index (χ0v) is 17.3. The summed E-state index contributed by atoms with van der Waals surface area (Å²) in [5.74, 6) is 0.406. The number of rotatable bonds is 6. The molecule has 4 aromatic carbocycles. The highest BCUT2D eigenvalue weighted by Crippen LogP contribution is 2.29. The summed E-state index contributed by atoms with van der Waals surface area (Å²) in [6, 6.07) is 26.8. The van der Waals surface area contributed by atoms with Gasteiger partial charge < -0.3 is 10.1 Å². The van der Waals surface area contributed by atoms with Gasteiger partial charge in [-0.3, -0.25) is 14.9 Å². The summed E-state index contributed by atoms with van der Waals surface area (Å²) in [7, 11) is 1.58. The summed E-state index contributed by atoms with van der Waals surface area (Å²) in [6.45, 7) is 0. The van der Waals surface area contributed by atoms with Crippen LogP contribution in [0.5, 0.6) is 5.75 Å². The molecular weight excluding hydrogens is 404 g/mol. The lowest BCUT2D eigenvalue weighted by Crippen LogP contribution is -2.14. The summed E-state index contributed by atoms with van der Waals surface area (Å²) in [4.78, 5) is 23.9. The van der Waals surface area contributed by atoms with E-state index in [1.807, 2.05) is 42.5 Å². The second kappa shape index (κ2) is 9.14. The van der Waals surface area contributed by atoms with Crippen LogP contribution < -0.4 is 10.1 Å².